The lowest BCUT2D eigenvalue weighted by atomic mass is 10.1. The molecular weight excluding hydrogens is 382 g/mol. The van der Waals surface area contributed by atoms with Crippen LogP contribution in [0.4, 0.5) is 0 Å². The molecule has 0 spiro atoms. The fourth-order valence-corrected chi connectivity index (χ4v) is 4.32. The third kappa shape index (κ3) is 3.69. The number of sulfone groups is 1. The van der Waals surface area contributed by atoms with E-state index in [-0.39, 0.29) is 10.6 Å². The highest BCUT2D eigenvalue weighted by atomic mass is 32.2. The summed E-state index contributed by atoms with van der Waals surface area (Å²) in [6, 6.07) is 8.04. The summed E-state index contributed by atoms with van der Waals surface area (Å²) in [6.45, 7) is 2.95. The van der Waals surface area contributed by atoms with Crippen molar-refractivity contribution in [3.05, 3.63) is 47.3 Å². The van der Waals surface area contributed by atoms with Crippen LogP contribution in [0.1, 0.15) is 47.4 Å². The van der Waals surface area contributed by atoms with Gasteiger partial charge in [0, 0.05) is 24.1 Å². The minimum Gasteiger partial charge on any atom is -0.494 e. The Kier molecular flexibility index (Phi) is 5.60. The van der Waals surface area contributed by atoms with Crippen molar-refractivity contribution < 1.29 is 27.5 Å². The zero-order chi connectivity index (χ0) is 20.5. The lowest BCUT2D eigenvalue weighted by Crippen LogP contribution is -2.13. The number of hydrogen-bond donors (Lipinski definition) is 0. The van der Waals surface area contributed by atoms with E-state index < -0.39 is 27.5 Å². The van der Waals surface area contributed by atoms with E-state index in [9.17, 15) is 18.0 Å². The first-order chi connectivity index (χ1) is 13.3. The Balaban J connectivity index is 2.03. The lowest BCUT2D eigenvalue weighted by molar-refractivity contribution is -0.142. The van der Waals surface area contributed by atoms with Crippen LogP contribution < -0.4 is 4.74 Å². The minimum atomic E-state index is -3.66. The van der Waals surface area contributed by atoms with Crippen molar-refractivity contribution >= 4 is 21.6 Å². The number of rotatable bonds is 7. The van der Waals surface area contributed by atoms with Crippen LogP contribution in [0, 0.1) is 0 Å². The summed E-state index contributed by atoms with van der Waals surface area (Å²) in [5, 5.41) is 0. The molecule has 28 heavy (non-hydrogen) atoms. The van der Waals surface area contributed by atoms with Crippen LogP contribution in [0.15, 0.2) is 35.2 Å². The first-order valence-electron chi connectivity index (χ1n) is 9.06. The van der Waals surface area contributed by atoms with Crippen molar-refractivity contribution in [2.75, 3.05) is 20.0 Å². The number of ketones is 1. The zero-order valence-electron chi connectivity index (χ0n) is 16.1. The standard InChI is InChI=1S/C20H23NO6S/c1-4-11-27-14-7-5-13(6-8-14)19(22)18-17(28(3,24)25)12-16-15(20(23)26-2)9-10-21(16)18/h5-8,12,15H,4,9-11H2,1-3H3. The van der Waals surface area contributed by atoms with Crippen LogP contribution in [0.3, 0.4) is 0 Å². The molecule has 1 aromatic heterocycles. The average molecular weight is 405 g/mol. The van der Waals surface area contributed by atoms with Gasteiger partial charge in [0.2, 0.25) is 5.78 Å². The third-order valence-corrected chi connectivity index (χ3v) is 5.89. The van der Waals surface area contributed by atoms with Crippen molar-refractivity contribution in [1.82, 2.24) is 4.57 Å². The van der Waals surface area contributed by atoms with E-state index in [1.165, 1.54) is 13.2 Å². The molecule has 3 rings (SSSR count). The zero-order valence-corrected chi connectivity index (χ0v) is 16.9. The van der Waals surface area contributed by atoms with E-state index in [0.717, 1.165) is 12.7 Å². The van der Waals surface area contributed by atoms with E-state index in [1.54, 1.807) is 28.8 Å². The Morgan fingerprint density at radius 2 is 1.89 bits per heavy atom. The Morgan fingerprint density at radius 3 is 2.46 bits per heavy atom. The number of carbonyl (C=O) groups is 2. The molecule has 0 fully saturated rings. The van der Waals surface area contributed by atoms with Gasteiger partial charge >= 0.3 is 5.97 Å². The first-order valence-corrected chi connectivity index (χ1v) is 11.0. The molecule has 0 radical (unpaired) electrons. The minimum absolute atomic E-state index is 0.0626. The van der Waals surface area contributed by atoms with Gasteiger partial charge in [-0.1, -0.05) is 6.92 Å². The second-order valence-electron chi connectivity index (χ2n) is 6.77. The summed E-state index contributed by atoms with van der Waals surface area (Å²) in [4.78, 5) is 25.1. The molecule has 0 aliphatic carbocycles. The van der Waals surface area contributed by atoms with Crippen LogP contribution in [-0.2, 0) is 25.9 Å². The second-order valence-corrected chi connectivity index (χ2v) is 8.76. The molecule has 1 aromatic carbocycles. The van der Waals surface area contributed by atoms with Gasteiger partial charge in [0.15, 0.2) is 9.84 Å². The molecule has 0 bridgehead atoms. The lowest BCUT2D eigenvalue weighted by Gasteiger charge is -2.09. The quantitative estimate of drug-likeness (QED) is 0.519. The van der Waals surface area contributed by atoms with Crippen LogP contribution >= 0.6 is 0 Å². The Labute approximate surface area is 164 Å². The molecule has 8 heteroatoms. The van der Waals surface area contributed by atoms with Gasteiger partial charge in [-0.15, -0.1) is 0 Å². The van der Waals surface area contributed by atoms with Crippen LogP contribution in [0.5, 0.6) is 5.75 Å². The predicted molar refractivity (Wildman–Crippen MR) is 103 cm³/mol. The molecule has 7 nitrogen and oxygen atoms in total. The van der Waals surface area contributed by atoms with E-state index in [0.29, 0.717) is 36.6 Å². The first kappa shape index (κ1) is 20.1. The maximum Gasteiger partial charge on any atom is 0.314 e. The Morgan fingerprint density at radius 1 is 1.21 bits per heavy atom. The summed E-state index contributed by atoms with van der Waals surface area (Å²) < 4.78 is 36.6. The third-order valence-electron chi connectivity index (χ3n) is 4.78. The van der Waals surface area contributed by atoms with Gasteiger partial charge in [-0.2, -0.15) is 0 Å². The van der Waals surface area contributed by atoms with Gasteiger partial charge < -0.3 is 14.0 Å². The number of nitrogens with zero attached hydrogens (tertiary/aromatic N) is 1. The van der Waals surface area contributed by atoms with Gasteiger partial charge in [0.05, 0.1) is 24.5 Å². The van der Waals surface area contributed by atoms with E-state index in [4.69, 9.17) is 9.47 Å². The number of benzene rings is 1. The molecule has 0 saturated heterocycles. The number of hydrogen-bond acceptors (Lipinski definition) is 6. The monoisotopic (exact) mass is 405 g/mol. The van der Waals surface area contributed by atoms with Crippen LogP contribution in [0.2, 0.25) is 0 Å². The van der Waals surface area contributed by atoms with Crippen LogP contribution in [-0.4, -0.2) is 44.7 Å². The summed E-state index contributed by atoms with van der Waals surface area (Å²) in [5.74, 6) is -0.767. The number of carbonyl (C=O) groups excluding carboxylic acids is 2. The fraction of sp³-hybridized carbons (Fsp3) is 0.400. The molecule has 1 aliphatic rings. The molecule has 1 atom stereocenters. The van der Waals surface area contributed by atoms with Crippen LogP contribution in [0.25, 0.3) is 0 Å². The van der Waals surface area contributed by atoms with Crippen molar-refractivity contribution in [2.24, 2.45) is 0 Å². The Bertz CT molecular complexity index is 1000. The number of aromatic nitrogens is 1. The number of fused-ring (bicyclic) bond motifs is 1. The maximum atomic E-state index is 13.2. The van der Waals surface area contributed by atoms with Gasteiger partial charge in [0.1, 0.15) is 11.4 Å². The SMILES string of the molecule is CCCOc1ccc(C(=O)c2c(S(C)(=O)=O)cc3n2CCC3C(=O)OC)cc1. The van der Waals surface area contributed by atoms with Gasteiger partial charge in [-0.25, -0.2) is 8.42 Å². The second kappa shape index (κ2) is 7.79. The topological polar surface area (TPSA) is 91.7 Å². The highest BCUT2D eigenvalue weighted by Crippen LogP contribution is 2.36. The van der Waals surface area contributed by atoms with Gasteiger partial charge in [-0.3, -0.25) is 9.59 Å². The molecule has 150 valence electrons. The molecular formula is C20H23NO6S. The predicted octanol–water partition coefficient (Wildman–Crippen LogP) is 2.57. The summed E-state index contributed by atoms with van der Waals surface area (Å²) in [6.07, 6.45) is 2.40. The number of methoxy groups -OCH3 is 1. The van der Waals surface area contributed by atoms with Crippen molar-refractivity contribution in [1.29, 1.82) is 0 Å². The normalized spacial score (nSPS) is 15.9. The van der Waals surface area contributed by atoms with Crippen molar-refractivity contribution in [3.63, 3.8) is 0 Å². The maximum absolute atomic E-state index is 13.2. The van der Waals surface area contributed by atoms with E-state index >= 15 is 0 Å². The molecule has 0 N–H and O–H groups in total. The largest absolute Gasteiger partial charge is 0.494 e. The fourth-order valence-electron chi connectivity index (χ4n) is 3.44. The molecule has 2 heterocycles. The average Bonchev–Trinajstić information content (AvgIpc) is 3.24. The molecule has 1 aliphatic heterocycles. The molecule has 1 unspecified atom stereocenters. The summed E-state index contributed by atoms with van der Waals surface area (Å²) >= 11 is 0. The van der Waals surface area contributed by atoms with E-state index in [1.807, 2.05) is 6.92 Å². The molecule has 0 amide bonds. The smallest absolute Gasteiger partial charge is 0.314 e. The molecule has 0 saturated carbocycles. The highest BCUT2D eigenvalue weighted by Gasteiger charge is 2.37. The van der Waals surface area contributed by atoms with Gasteiger partial charge in [0.25, 0.3) is 0 Å². The molecule has 2 aromatic rings. The summed E-state index contributed by atoms with van der Waals surface area (Å²) in [7, 11) is -2.37. The summed E-state index contributed by atoms with van der Waals surface area (Å²) in [5.41, 5.74) is 0.945. The number of ether oxygens (including phenoxy) is 2. The van der Waals surface area contributed by atoms with Gasteiger partial charge in [-0.05, 0) is 43.2 Å². The Hall–Kier alpha value is -2.61. The number of esters is 1. The highest BCUT2D eigenvalue weighted by molar-refractivity contribution is 7.90. The van der Waals surface area contributed by atoms with E-state index in [2.05, 4.69) is 0 Å². The van der Waals surface area contributed by atoms with Crippen molar-refractivity contribution in [2.45, 2.75) is 37.1 Å². The van der Waals surface area contributed by atoms with Crippen molar-refractivity contribution in [3.8, 4) is 5.75 Å².